The Morgan fingerprint density at radius 3 is 2.61 bits per heavy atom. The summed E-state index contributed by atoms with van der Waals surface area (Å²) < 4.78 is 12.6. The fraction of sp³-hybridized carbons (Fsp3) is 0.769. The maximum Gasteiger partial charge on any atom is 0.162 e. The minimum atomic E-state index is -0.709. The summed E-state index contributed by atoms with van der Waals surface area (Å²) in [5.74, 6) is 0.620. The molecule has 5 nitrogen and oxygen atoms in total. The van der Waals surface area contributed by atoms with Crippen molar-refractivity contribution >= 4 is 0 Å². The summed E-state index contributed by atoms with van der Waals surface area (Å²) in [5, 5.41) is 14.7. The molecule has 0 aliphatic heterocycles. The fourth-order valence-electron chi connectivity index (χ4n) is 2.05. The van der Waals surface area contributed by atoms with E-state index in [4.69, 9.17) is 9.47 Å². The van der Waals surface area contributed by atoms with Crippen molar-refractivity contribution in [3.63, 3.8) is 0 Å². The average molecular weight is 256 g/mol. The van der Waals surface area contributed by atoms with Crippen molar-refractivity contribution in [2.24, 2.45) is 0 Å². The molecule has 0 aliphatic carbocycles. The highest BCUT2D eigenvalue weighted by Crippen LogP contribution is 2.29. The van der Waals surface area contributed by atoms with Gasteiger partial charge in [0, 0.05) is 13.2 Å². The molecule has 0 saturated carbocycles. The summed E-state index contributed by atoms with van der Waals surface area (Å²) in [6.45, 7) is 7.34. The first-order chi connectivity index (χ1) is 8.69. The SMILES string of the molecule is CCCn1ncc(OC)c1C(O)C(CC)OCC. The molecule has 5 heteroatoms. The van der Waals surface area contributed by atoms with Gasteiger partial charge in [0.25, 0.3) is 0 Å². The largest absolute Gasteiger partial charge is 0.493 e. The molecule has 0 amide bonds. The first-order valence-electron chi connectivity index (χ1n) is 6.58. The minimum Gasteiger partial charge on any atom is -0.493 e. The predicted molar refractivity (Wildman–Crippen MR) is 69.7 cm³/mol. The third kappa shape index (κ3) is 3.23. The van der Waals surface area contributed by atoms with Crippen LogP contribution in [-0.2, 0) is 11.3 Å². The van der Waals surface area contributed by atoms with Crippen LogP contribution in [-0.4, -0.2) is 34.7 Å². The number of aliphatic hydroxyl groups is 1. The Balaban J connectivity index is 3.00. The predicted octanol–water partition coefficient (Wildman–Crippen LogP) is 2.15. The van der Waals surface area contributed by atoms with E-state index in [0.717, 1.165) is 19.4 Å². The summed E-state index contributed by atoms with van der Waals surface area (Å²) in [6, 6.07) is 0. The van der Waals surface area contributed by atoms with Gasteiger partial charge in [0.1, 0.15) is 11.8 Å². The molecule has 0 spiro atoms. The Morgan fingerprint density at radius 2 is 2.11 bits per heavy atom. The molecule has 1 rings (SSSR count). The molecule has 0 radical (unpaired) electrons. The van der Waals surface area contributed by atoms with Crippen LogP contribution in [0.4, 0.5) is 0 Å². The molecule has 104 valence electrons. The zero-order valence-corrected chi connectivity index (χ0v) is 11.7. The van der Waals surface area contributed by atoms with Crippen LogP contribution in [0.2, 0.25) is 0 Å². The van der Waals surface area contributed by atoms with Crippen molar-refractivity contribution in [1.82, 2.24) is 9.78 Å². The molecule has 18 heavy (non-hydrogen) atoms. The molecule has 1 aromatic rings. The summed E-state index contributed by atoms with van der Waals surface area (Å²) in [4.78, 5) is 0. The van der Waals surface area contributed by atoms with E-state index in [1.165, 1.54) is 0 Å². The van der Waals surface area contributed by atoms with Gasteiger partial charge in [-0.2, -0.15) is 5.10 Å². The summed E-state index contributed by atoms with van der Waals surface area (Å²) >= 11 is 0. The summed E-state index contributed by atoms with van der Waals surface area (Å²) in [5.41, 5.74) is 0.708. The highest BCUT2D eigenvalue weighted by molar-refractivity contribution is 5.28. The molecule has 1 heterocycles. The van der Waals surface area contributed by atoms with E-state index in [2.05, 4.69) is 12.0 Å². The number of aliphatic hydroxyl groups excluding tert-OH is 1. The van der Waals surface area contributed by atoms with Gasteiger partial charge < -0.3 is 14.6 Å². The number of aryl methyl sites for hydroxylation is 1. The number of rotatable bonds is 8. The van der Waals surface area contributed by atoms with Crippen molar-refractivity contribution in [2.75, 3.05) is 13.7 Å². The van der Waals surface area contributed by atoms with Crippen LogP contribution < -0.4 is 4.74 Å². The Bertz CT molecular complexity index is 352. The standard InChI is InChI=1S/C13H24N2O3/c1-5-8-15-12(11(17-4)9-14-15)13(16)10(6-2)18-7-3/h9-10,13,16H,5-8H2,1-4H3. The molecular formula is C13H24N2O3. The Morgan fingerprint density at radius 1 is 1.39 bits per heavy atom. The quantitative estimate of drug-likeness (QED) is 0.774. The van der Waals surface area contributed by atoms with Crippen molar-refractivity contribution in [2.45, 2.75) is 52.4 Å². The average Bonchev–Trinajstić information content (AvgIpc) is 2.78. The topological polar surface area (TPSA) is 56.5 Å². The van der Waals surface area contributed by atoms with E-state index >= 15 is 0 Å². The zero-order chi connectivity index (χ0) is 13.5. The molecule has 0 bridgehead atoms. The van der Waals surface area contributed by atoms with Gasteiger partial charge in [-0.3, -0.25) is 4.68 Å². The zero-order valence-electron chi connectivity index (χ0n) is 11.7. The van der Waals surface area contributed by atoms with Crippen molar-refractivity contribution in [3.05, 3.63) is 11.9 Å². The lowest BCUT2D eigenvalue weighted by atomic mass is 10.1. The maximum absolute atomic E-state index is 10.5. The molecule has 1 aromatic heterocycles. The first kappa shape index (κ1) is 15.0. The van der Waals surface area contributed by atoms with Crippen molar-refractivity contribution < 1.29 is 14.6 Å². The van der Waals surface area contributed by atoms with E-state index < -0.39 is 6.10 Å². The second kappa shape index (κ2) is 7.38. The number of aromatic nitrogens is 2. The lowest BCUT2D eigenvalue weighted by molar-refractivity contribution is -0.0400. The third-order valence-corrected chi connectivity index (χ3v) is 2.92. The van der Waals surface area contributed by atoms with Gasteiger partial charge in [0.05, 0.1) is 19.4 Å². The van der Waals surface area contributed by atoms with Gasteiger partial charge >= 0.3 is 0 Å². The van der Waals surface area contributed by atoms with Gasteiger partial charge in [-0.05, 0) is 19.8 Å². The Kier molecular flexibility index (Phi) is 6.15. The lowest BCUT2D eigenvalue weighted by Gasteiger charge is -2.23. The van der Waals surface area contributed by atoms with Crippen LogP contribution in [0.5, 0.6) is 5.75 Å². The molecule has 0 aliphatic rings. The van der Waals surface area contributed by atoms with Gasteiger partial charge in [-0.15, -0.1) is 0 Å². The van der Waals surface area contributed by atoms with E-state index in [9.17, 15) is 5.11 Å². The van der Waals surface area contributed by atoms with Crippen LogP contribution in [0.25, 0.3) is 0 Å². The number of hydrogen-bond donors (Lipinski definition) is 1. The highest BCUT2D eigenvalue weighted by Gasteiger charge is 2.27. The normalized spacial score (nSPS) is 14.5. The second-order valence-electron chi connectivity index (χ2n) is 4.17. The van der Waals surface area contributed by atoms with E-state index in [1.54, 1.807) is 18.0 Å². The van der Waals surface area contributed by atoms with Gasteiger partial charge in [0.15, 0.2) is 5.75 Å². The summed E-state index contributed by atoms with van der Waals surface area (Å²) in [6.07, 6.45) is 2.41. The molecule has 0 fully saturated rings. The number of ether oxygens (including phenoxy) is 2. The van der Waals surface area contributed by atoms with Crippen LogP contribution in [0.15, 0.2) is 6.20 Å². The maximum atomic E-state index is 10.5. The molecule has 2 atom stereocenters. The summed E-state index contributed by atoms with van der Waals surface area (Å²) in [7, 11) is 1.59. The van der Waals surface area contributed by atoms with E-state index in [1.807, 2.05) is 13.8 Å². The molecule has 2 unspecified atom stereocenters. The first-order valence-corrected chi connectivity index (χ1v) is 6.58. The van der Waals surface area contributed by atoms with Gasteiger partial charge in [-0.1, -0.05) is 13.8 Å². The van der Waals surface area contributed by atoms with Gasteiger partial charge in [0.2, 0.25) is 0 Å². The monoisotopic (exact) mass is 256 g/mol. The Hall–Kier alpha value is -1.07. The fourth-order valence-corrected chi connectivity index (χ4v) is 2.05. The van der Waals surface area contributed by atoms with E-state index in [-0.39, 0.29) is 6.10 Å². The molecule has 1 N–H and O–H groups in total. The Labute approximate surface area is 109 Å². The molecule has 0 aromatic carbocycles. The minimum absolute atomic E-state index is 0.226. The van der Waals surface area contributed by atoms with E-state index in [0.29, 0.717) is 18.1 Å². The van der Waals surface area contributed by atoms with Crippen LogP contribution in [0.3, 0.4) is 0 Å². The second-order valence-corrected chi connectivity index (χ2v) is 4.17. The number of nitrogens with zero attached hydrogens (tertiary/aromatic N) is 2. The van der Waals surface area contributed by atoms with Gasteiger partial charge in [-0.25, -0.2) is 0 Å². The molecular weight excluding hydrogens is 232 g/mol. The smallest absolute Gasteiger partial charge is 0.162 e. The number of methoxy groups -OCH3 is 1. The van der Waals surface area contributed by atoms with Crippen molar-refractivity contribution in [3.8, 4) is 5.75 Å². The number of hydrogen-bond acceptors (Lipinski definition) is 4. The van der Waals surface area contributed by atoms with Crippen LogP contribution in [0, 0.1) is 0 Å². The highest BCUT2D eigenvalue weighted by atomic mass is 16.5. The van der Waals surface area contributed by atoms with Crippen LogP contribution in [0.1, 0.15) is 45.4 Å². The lowest BCUT2D eigenvalue weighted by Crippen LogP contribution is -2.24. The van der Waals surface area contributed by atoms with Crippen LogP contribution >= 0.6 is 0 Å². The van der Waals surface area contributed by atoms with Crippen molar-refractivity contribution in [1.29, 1.82) is 0 Å². The third-order valence-electron chi connectivity index (χ3n) is 2.92. The molecule has 0 saturated heterocycles.